The van der Waals surface area contributed by atoms with Crippen molar-refractivity contribution in [1.82, 2.24) is 0 Å². The van der Waals surface area contributed by atoms with Gasteiger partial charge in [-0.3, -0.25) is 9.13 Å². The summed E-state index contributed by atoms with van der Waals surface area (Å²) in [6.45, 7) is 12.8. The highest BCUT2D eigenvalue weighted by Crippen LogP contribution is 2.40. The molecule has 138 valence electrons. The Bertz CT molecular complexity index is 472. The molecule has 22 heavy (non-hydrogen) atoms. The van der Waals surface area contributed by atoms with E-state index in [4.69, 9.17) is 9.79 Å². The molecule has 10 heteroatoms. The van der Waals surface area contributed by atoms with E-state index >= 15 is 0 Å². The van der Waals surface area contributed by atoms with Gasteiger partial charge in [-0.05, 0) is 27.7 Å². The van der Waals surface area contributed by atoms with E-state index in [1.165, 1.54) is 19.6 Å². The normalized spacial score (nSPS) is 17.0. The van der Waals surface area contributed by atoms with Crippen molar-refractivity contribution in [2.75, 3.05) is 19.6 Å². The SMILES string of the molecule is CC(C)OP(C)(=O)O.CC(C)P(C)(=O)O.CC(C)S(C)(=O)=O. The van der Waals surface area contributed by atoms with Gasteiger partial charge < -0.3 is 14.3 Å². The van der Waals surface area contributed by atoms with Gasteiger partial charge >= 0.3 is 7.60 Å². The zero-order valence-electron chi connectivity index (χ0n) is 15.0. The number of hydrogen-bond donors (Lipinski definition) is 2. The van der Waals surface area contributed by atoms with E-state index in [1.807, 2.05) is 0 Å². The molecule has 0 amide bonds. The molecule has 0 aromatic heterocycles. The third kappa shape index (κ3) is 25.3. The van der Waals surface area contributed by atoms with E-state index in [0.29, 0.717) is 0 Å². The molecule has 2 atom stereocenters. The van der Waals surface area contributed by atoms with Crippen LogP contribution < -0.4 is 0 Å². The lowest BCUT2D eigenvalue weighted by Gasteiger charge is -2.08. The minimum Gasteiger partial charge on any atom is -0.344 e. The Hall–Kier alpha value is 0.290. The topological polar surface area (TPSA) is 118 Å². The second-order valence-electron chi connectivity index (χ2n) is 5.87. The molecule has 0 heterocycles. The second-order valence-corrected chi connectivity index (χ2v) is 13.2. The Morgan fingerprint density at radius 1 is 0.909 bits per heavy atom. The molecule has 0 aromatic carbocycles. The smallest absolute Gasteiger partial charge is 0.325 e. The predicted octanol–water partition coefficient (Wildman–Crippen LogP) is 2.96. The summed E-state index contributed by atoms with van der Waals surface area (Å²) >= 11 is 0. The number of sulfone groups is 1. The maximum atomic E-state index is 10.5. The van der Waals surface area contributed by atoms with Gasteiger partial charge in [0.2, 0.25) is 0 Å². The standard InChI is InChI=1S/C4H11O3P.C4H11O2P.C4H10O2S/c1-4(2)7-8(3,5)6;2*1-4(2)7(3,5)6/h4H,1-3H3,(H,5,6);4H,1-3H3,(H,5,6);4H,1-3H3. The molecule has 0 rings (SSSR count). The zero-order chi connectivity index (χ0) is 18.9. The summed E-state index contributed by atoms with van der Waals surface area (Å²) in [6.07, 6.45) is 1.06. The molecule has 0 radical (unpaired) electrons. The second kappa shape index (κ2) is 11.0. The lowest BCUT2D eigenvalue weighted by Crippen LogP contribution is -2.10. The van der Waals surface area contributed by atoms with Crippen molar-refractivity contribution in [1.29, 1.82) is 0 Å². The summed E-state index contributed by atoms with van der Waals surface area (Å²) in [5, 5.41) is -0.229. The molecule has 0 fully saturated rings. The number of rotatable bonds is 4. The summed E-state index contributed by atoms with van der Waals surface area (Å²) in [7, 11) is -8.70. The fraction of sp³-hybridized carbons (Fsp3) is 1.00. The molecule has 0 saturated heterocycles. The van der Waals surface area contributed by atoms with Gasteiger partial charge in [0.05, 0.1) is 11.4 Å². The van der Waals surface area contributed by atoms with Crippen LogP contribution in [-0.4, -0.2) is 54.8 Å². The molecule has 0 aliphatic heterocycles. The molecule has 0 bridgehead atoms. The molecule has 0 aliphatic carbocycles. The summed E-state index contributed by atoms with van der Waals surface area (Å²) in [5.74, 6) is 0. The average Bonchev–Trinajstić information content (AvgIpc) is 2.11. The van der Waals surface area contributed by atoms with E-state index in [1.54, 1.807) is 41.5 Å². The van der Waals surface area contributed by atoms with Gasteiger partial charge in [-0.25, -0.2) is 8.42 Å². The first-order valence-corrected chi connectivity index (χ1v) is 12.9. The van der Waals surface area contributed by atoms with Crippen LogP contribution in [0.2, 0.25) is 0 Å². The highest BCUT2D eigenvalue weighted by Gasteiger charge is 2.13. The molecule has 2 unspecified atom stereocenters. The summed E-state index contributed by atoms with van der Waals surface area (Å²) in [5.41, 5.74) is -0.0903. The van der Waals surface area contributed by atoms with E-state index in [9.17, 15) is 17.5 Å². The first kappa shape index (κ1) is 27.2. The van der Waals surface area contributed by atoms with Crippen LogP contribution >= 0.6 is 15.0 Å². The van der Waals surface area contributed by atoms with E-state index in [2.05, 4.69) is 4.52 Å². The Balaban J connectivity index is -0.000000247. The van der Waals surface area contributed by atoms with Crippen molar-refractivity contribution in [3.8, 4) is 0 Å². The van der Waals surface area contributed by atoms with Crippen LogP contribution in [0.3, 0.4) is 0 Å². The van der Waals surface area contributed by atoms with Crippen LogP contribution in [0.5, 0.6) is 0 Å². The van der Waals surface area contributed by atoms with Crippen LogP contribution in [0.15, 0.2) is 0 Å². The molecule has 2 N–H and O–H groups in total. The minimum atomic E-state index is -3.22. The summed E-state index contributed by atoms with van der Waals surface area (Å²) in [6, 6.07) is 0. The third-order valence-electron chi connectivity index (χ3n) is 2.22. The van der Waals surface area contributed by atoms with Gasteiger partial charge in [0, 0.05) is 25.2 Å². The fourth-order valence-electron chi connectivity index (χ4n) is 0.391. The van der Waals surface area contributed by atoms with Crippen molar-refractivity contribution >= 4 is 24.8 Å². The quantitative estimate of drug-likeness (QED) is 0.718. The van der Waals surface area contributed by atoms with Gasteiger partial charge in [-0.2, -0.15) is 0 Å². The van der Waals surface area contributed by atoms with E-state index < -0.39 is 24.8 Å². The fourth-order valence-corrected chi connectivity index (χ4v) is 1.17. The first-order chi connectivity index (χ1) is 9.30. The maximum Gasteiger partial charge on any atom is 0.325 e. The molecule has 0 aliphatic rings. The molecule has 0 saturated carbocycles. The maximum absolute atomic E-state index is 10.5. The predicted molar refractivity (Wildman–Crippen MR) is 92.8 cm³/mol. The molecule has 0 spiro atoms. The Morgan fingerprint density at radius 3 is 1.14 bits per heavy atom. The third-order valence-corrected chi connectivity index (χ3v) is 6.66. The lowest BCUT2D eigenvalue weighted by molar-refractivity contribution is 0.209. The van der Waals surface area contributed by atoms with Crippen molar-refractivity contribution in [2.45, 2.75) is 58.6 Å². The van der Waals surface area contributed by atoms with Gasteiger partial charge in [0.1, 0.15) is 9.84 Å². The Kier molecular flexibility index (Phi) is 13.5. The largest absolute Gasteiger partial charge is 0.344 e. The summed E-state index contributed by atoms with van der Waals surface area (Å²) < 4.78 is 46.0. The highest BCUT2D eigenvalue weighted by molar-refractivity contribution is 7.91. The first-order valence-electron chi connectivity index (χ1n) is 6.78. The Morgan fingerprint density at radius 2 is 1.14 bits per heavy atom. The van der Waals surface area contributed by atoms with Crippen molar-refractivity contribution in [2.24, 2.45) is 0 Å². The van der Waals surface area contributed by atoms with Crippen molar-refractivity contribution in [3.05, 3.63) is 0 Å². The minimum absolute atomic E-state index is 0.0903. The monoisotopic (exact) mass is 382 g/mol. The summed E-state index contributed by atoms with van der Waals surface area (Å²) in [4.78, 5) is 17.2. The van der Waals surface area contributed by atoms with Crippen LogP contribution in [0.4, 0.5) is 0 Å². The van der Waals surface area contributed by atoms with Gasteiger partial charge in [-0.1, -0.05) is 13.8 Å². The molecular weight excluding hydrogens is 350 g/mol. The van der Waals surface area contributed by atoms with Crippen LogP contribution in [0, 0.1) is 0 Å². The van der Waals surface area contributed by atoms with Crippen molar-refractivity contribution in [3.63, 3.8) is 0 Å². The van der Waals surface area contributed by atoms with E-state index in [-0.39, 0.29) is 17.0 Å². The van der Waals surface area contributed by atoms with Gasteiger partial charge in [-0.15, -0.1) is 0 Å². The molecule has 7 nitrogen and oxygen atoms in total. The average molecular weight is 382 g/mol. The van der Waals surface area contributed by atoms with Crippen LogP contribution in [-0.2, 0) is 23.5 Å². The molecular formula is C12H32O7P2S. The Labute approximate surface area is 135 Å². The van der Waals surface area contributed by atoms with Gasteiger partial charge in [0.15, 0.2) is 7.37 Å². The zero-order valence-corrected chi connectivity index (χ0v) is 17.6. The van der Waals surface area contributed by atoms with Crippen LogP contribution in [0.25, 0.3) is 0 Å². The highest BCUT2D eigenvalue weighted by atomic mass is 32.2. The molecule has 0 aromatic rings. The lowest BCUT2D eigenvalue weighted by atomic mass is 10.5. The number of hydrogen-bond acceptors (Lipinski definition) is 5. The van der Waals surface area contributed by atoms with E-state index in [0.717, 1.165) is 0 Å². The van der Waals surface area contributed by atoms with Gasteiger partial charge in [0.25, 0.3) is 0 Å². The van der Waals surface area contributed by atoms with Crippen LogP contribution in [0.1, 0.15) is 41.5 Å². The van der Waals surface area contributed by atoms with Crippen molar-refractivity contribution < 1.29 is 31.9 Å².